The molecule has 1 aromatic rings. The quantitative estimate of drug-likeness (QED) is 0.682. The van der Waals surface area contributed by atoms with Crippen molar-refractivity contribution in [3.05, 3.63) is 39.4 Å². The van der Waals surface area contributed by atoms with Gasteiger partial charge in [0.15, 0.2) is 17.4 Å². The minimum Gasteiger partial charge on any atom is -0.345 e. The van der Waals surface area contributed by atoms with E-state index in [1.54, 1.807) is 20.8 Å². The monoisotopic (exact) mass is 300 g/mol. The Bertz CT molecular complexity index is 609. The Kier molecular flexibility index (Phi) is 4.72. The van der Waals surface area contributed by atoms with Crippen molar-refractivity contribution in [2.75, 3.05) is 6.54 Å². The van der Waals surface area contributed by atoms with Gasteiger partial charge in [-0.15, -0.1) is 0 Å². The van der Waals surface area contributed by atoms with Crippen molar-refractivity contribution in [2.45, 2.75) is 20.8 Å². The molecule has 1 amide bonds. The van der Waals surface area contributed by atoms with E-state index in [9.17, 15) is 28.5 Å². The van der Waals surface area contributed by atoms with Gasteiger partial charge >= 0.3 is 0 Å². The zero-order valence-electron chi connectivity index (χ0n) is 11.7. The molecule has 1 rings (SSSR count). The normalized spacial score (nSPS) is 11.1. The van der Waals surface area contributed by atoms with Crippen molar-refractivity contribution < 1.29 is 23.3 Å². The summed E-state index contributed by atoms with van der Waals surface area (Å²) < 4.78 is 26.1. The standard InChI is InChI=1S/C13H14F2N2O4/c1-13(2,3)11(18)6-16-12(19)7-4-8(14)9(15)5-10(7)17(20)21/h4-5H,6H2,1-3H3,(H,16,19). The maximum atomic E-state index is 13.1. The van der Waals surface area contributed by atoms with E-state index in [0.717, 1.165) is 0 Å². The molecule has 0 unspecified atom stereocenters. The molecule has 0 aliphatic rings. The first-order chi connectivity index (χ1) is 9.54. The highest BCUT2D eigenvalue weighted by Crippen LogP contribution is 2.22. The van der Waals surface area contributed by atoms with Gasteiger partial charge in [-0.3, -0.25) is 19.7 Å². The molecule has 0 spiro atoms. The molecule has 0 fully saturated rings. The number of nitrogens with one attached hydrogen (secondary N) is 1. The second kappa shape index (κ2) is 5.94. The Balaban J connectivity index is 3.00. The molecule has 0 bridgehead atoms. The highest BCUT2D eigenvalue weighted by atomic mass is 19.2. The maximum Gasteiger partial charge on any atom is 0.285 e. The number of nitrogens with zero attached hydrogens (tertiary/aromatic N) is 1. The molecule has 0 saturated carbocycles. The number of carbonyl (C=O) groups is 2. The summed E-state index contributed by atoms with van der Waals surface area (Å²) in [6, 6.07) is 0.764. The number of hydrogen-bond acceptors (Lipinski definition) is 4. The number of nitro benzene ring substituents is 1. The fourth-order valence-corrected chi connectivity index (χ4v) is 1.39. The Morgan fingerprint density at radius 3 is 2.24 bits per heavy atom. The van der Waals surface area contributed by atoms with Gasteiger partial charge in [-0.2, -0.15) is 0 Å². The van der Waals surface area contributed by atoms with Gasteiger partial charge in [0.2, 0.25) is 0 Å². The lowest BCUT2D eigenvalue weighted by Crippen LogP contribution is -2.35. The summed E-state index contributed by atoms with van der Waals surface area (Å²) in [5.74, 6) is -4.13. The van der Waals surface area contributed by atoms with Crippen molar-refractivity contribution in [3.8, 4) is 0 Å². The fourth-order valence-electron chi connectivity index (χ4n) is 1.39. The van der Waals surface area contributed by atoms with Crippen LogP contribution < -0.4 is 5.32 Å². The van der Waals surface area contributed by atoms with Crippen LogP contribution in [0.1, 0.15) is 31.1 Å². The summed E-state index contributed by atoms with van der Waals surface area (Å²) in [4.78, 5) is 33.2. The molecule has 0 atom stereocenters. The lowest BCUT2D eigenvalue weighted by Gasteiger charge is -2.16. The summed E-state index contributed by atoms with van der Waals surface area (Å²) in [5, 5.41) is 12.9. The highest BCUT2D eigenvalue weighted by molar-refractivity contribution is 6.00. The van der Waals surface area contributed by atoms with Gasteiger partial charge in [-0.05, 0) is 6.07 Å². The van der Waals surface area contributed by atoms with Crippen LogP contribution in [0.3, 0.4) is 0 Å². The second-order valence-electron chi connectivity index (χ2n) is 5.40. The molecular weight excluding hydrogens is 286 g/mol. The van der Waals surface area contributed by atoms with Gasteiger partial charge in [0.05, 0.1) is 17.5 Å². The SMILES string of the molecule is CC(C)(C)C(=O)CNC(=O)c1cc(F)c(F)cc1[N+](=O)[O-]. The summed E-state index contributed by atoms with van der Waals surface area (Å²) in [7, 11) is 0. The first-order valence-corrected chi connectivity index (χ1v) is 5.99. The lowest BCUT2D eigenvalue weighted by molar-refractivity contribution is -0.385. The van der Waals surface area contributed by atoms with Crippen molar-refractivity contribution in [3.63, 3.8) is 0 Å². The van der Waals surface area contributed by atoms with E-state index in [1.807, 2.05) is 0 Å². The van der Waals surface area contributed by atoms with Crippen molar-refractivity contribution in [2.24, 2.45) is 5.41 Å². The Labute approximate surface area is 119 Å². The third-order valence-electron chi connectivity index (χ3n) is 2.73. The van der Waals surface area contributed by atoms with Crippen LogP contribution in [0.15, 0.2) is 12.1 Å². The van der Waals surface area contributed by atoms with Crippen LogP contribution in [0.4, 0.5) is 14.5 Å². The Morgan fingerprint density at radius 2 is 1.76 bits per heavy atom. The number of hydrogen-bond donors (Lipinski definition) is 1. The van der Waals surface area contributed by atoms with Gasteiger partial charge in [0.25, 0.3) is 11.6 Å². The van der Waals surface area contributed by atoms with Gasteiger partial charge in [-0.25, -0.2) is 8.78 Å². The number of benzene rings is 1. The van der Waals surface area contributed by atoms with E-state index in [1.165, 1.54) is 0 Å². The van der Waals surface area contributed by atoms with E-state index < -0.39 is 39.1 Å². The first kappa shape index (κ1) is 16.7. The van der Waals surface area contributed by atoms with E-state index in [2.05, 4.69) is 5.32 Å². The average Bonchev–Trinajstić information content (AvgIpc) is 2.36. The minimum absolute atomic E-state index is 0.305. The van der Waals surface area contributed by atoms with E-state index in [4.69, 9.17) is 0 Å². The average molecular weight is 300 g/mol. The number of halogens is 2. The zero-order valence-corrected chi connectivity index (χ0v) is 11.7. The molecule has 1 aromatic carbocycles. The minimum atomic E-state index is -1.43. The van der Waals surface area contributed by atoms with Crippen LogP contribution in [0.5, 0.6) is 0 Å². The summed E-state index contributed by atoms with van der Waals surface area (Å²) in [5.41, 5.74) is -2.21. The number of rotatable bonds is 4. The number of ketones is 1. The van der Waals surface area contributed by atoms with Crippen LogP contribution in [0, 0.1) is 27.2 Å². The summed E-state index contributed by atoms with van der Waals surface area (Å²) in [6.07, 6.45) is 0. The van der Waals surface area contributed by atoms with Crippen LogP contribution in [-0.4, -0.2) is 23.2 Å². The molecule has 114 valence electrons. The number of nitro groups is 1. The zero-order chi connectivity index (χ0) is 16.4. The number of carbonyl (C=O) groups excluding carboxylic acids is 2. The number of Topliss-reactive ketones (excluding diaryl/α,β-unsaturated/α-hetero) is 1. The molecule has 0 aliphatic carbocycles. The predicted octanol–water partition coefficient (Wildman–Crippen LogP) is 2.22. The lowest BCUT2D eigenvalue weighted by atomic mass is 9.91. The molecule has 1 N–H and O–H groups in total. The van der Waals surface area contributed by atoms with Gasteiger partial charge in [-0.1, -0.05) is 20.8 Å². The number of amides is 1. The van der Waals surface area contributed by atoms with E-state index in [0.29, 0.717) is 12.1 Å². The topological polar surface area (TPSA) is 89.3 Å². The fraction of sp³-hybridized carbons (Fsp3) is 0.385. The van der Waals surface area contributed by atoms with Gasteiger partial charge in [0.1, 0.15) is 5.56 Å². The van der Waals surface area contributed by atoms with Crippen LogP contribution in [-0.2, 0) is 4.79 Å². The molecule has 0 heterocycles. The molecule has 0 aromatic heterocycles. The molecule has 0 saturated heterocycles. The van der Waals surface area contributed by atoms with Crippen molar-refractivity contribution in [1.29, 1.82) is 0 Å². The smallest absolute Gasteiger partial charge is 0.285 e. The first-order valence-electron chi connectivity index (χ1n) is 5.99. The Hall–Kier alpha value is -2.38. The van der Waals surface area contributed by atoms with Gasteiger partial charge in [0, 0.05) is 5.41 Å². The molecule has 21 heavy (non-hydrogen) atoms. The van der Waals surface area contributed by atoms with Crippen LogP contribution >= 0.6 is 0 Å². The maximum absolute atomic E-state index is 13.1. The Morgan fingerprint density at radius 1 is 1.24 bits per heavy atom. The third-order valence-corrected chi connectivity index (χ3v) is 2.73. The molecular formula is C13H14F2N2O4. The summed E-state index contributed by atoms with van der Waals surface area (Å²) in [6.45, 7) is 4.56. The van der Waals surface area contributed by atoms with Crippen molar-refractivity contribution in [1.82, 2.24) is 5.32 Å². The molecule has 8 heteroatoms. The second-order valence-corrected chi connectivity index (χ2v) is 5.40. The highest BCUT2D eigenvalue weighted by Gasteiger charge is 2.26. The predicted molar refractivity (Wildman–Crippen MR) is 69.8 cm³/mol. The molecule has 0 aliphatic heterocycles. The molecule has 6 nitrogen and oxygen atoms in total. The van der Waals surface area contributed by atoms with Crippen LogP contribution in [0.2, 0.25) is 0 Å². The summed E-state index contributed by atoms with van der Waals surface area (Å²) >= 11 is 0. The van der Waals surface area contributed by atoms with Crippen molar-refractivity contribution >= 4 is 17.4 Å². The van der Waals surface area contributed by atoms with E-state index in [-0.39, 0.29) is 12.3 Å². The van der Waals surface area contributed by atoms with Gasteiger partial charge < -0.3 is 5.32 Å². The van der Waals surface area contributed by atoms with Crippen LogP contribution in [0.25, 0.3) is 0 Å². The largest absolute Gasteiger partial charge is 0.345 e. The van der Waals surface area contributed by atoms with E-state index >= 15 is 0 Å². The third kappa shape index (κ3) is 4.04. The molecule has 0 radical (unpaired) electrons.